The van der Waals surface area contributed by atoms with Gasteiger partial charge in [0.05, 0.1) is 0 Å². The van der Waals surface area contributed by atoms with Crippen molar-refractivity contribution in [2.45, 2.75) is 83.7 Å². The molecule has 6 heteroatoms. The van der Waals surface area contributed by atoms with Gasteiger partial charge in [-0.2, -0.15) is 0 Å². The zero-order valence-corrected chi connectivity index (χ0v) is 22.9. The van der Waals surface area contributed by atoms with Gasteiger partial charge in [-0.1, -0.05) is 57.5 Å². The van der Waals surface area contributed by atoms with Crippen molar-refractivity contribution >= 4 is 24.0 Å². The predicted molar refractivity (Wildman–Crippen MR) is 136 cm³/mol. The summed E-state index contributed by atoms with van der Waals surface area (Å²) < 4.78 is 44.3. The minimum atomic E-state index is -1.95. The monoisotopic (exact) mass is 535 g/mol. The number of nitrogens with zero attached hydrogens (tertiary/aromatic N) is 1. The van der Waals surface area contributed by atoms with E-state index in [1.807, 2.05) is 11.0 Å². The molecule has 2 aromatic carbocycles. The zero-order chi connectivity index (χ0) is 24.5. The molecule has 1 atom stereocenters. The molecule has 2 aromatic rings. The van der Waals surface area contributed by atoms with Crippen LogP contribution in [0.2, 0.25) is 16.6 Å². The summed E-state index contributed by atoms with van der Waals surface area (Å²) in [4.78, 5) is 2.01. The maximum Gasteiger partial charge on any atom is 0.145 e. The van der Waals surface area contributed by atoms with Crippen LogP contribution in [0.15, 0.2) is 34.8 Å². The molecule has 0 fully saturated rings. The molecule has 178 valence electrons. The van der Waals surface area contributed by atoms with Gasteiger partial charge < -0.3 is 0 Å². The highest BCUT2D eigenvalue weighted by Gasteiger charge is 2.41. The number of halogens is 4. The molecule has 1 unspecified atom stereocenters. The standard InChI is InChI=1S/C27H33BrF3NSi/c1-17(2)33(18(3)4,19(5)6)11-7-8-27(23-14-22(29)9-10-25(23)30)32-15-20-12-21(28)13-26(31)24(20)16-32/h9-10,12-14,17-19,27H,8,15-16H2,1-6H3. The number of rotatable bonds is 6. The molecular weight excluding hydrogens is 503 g/mol. The maximum atomic E-state index is 14.9. The Bertz CT molecular complexity index is 1050. The van der Waals surface area contributed by atoms with E-state index in [4.69, 9.17) is 0 Å². The molecule has 3 rings (SSSR count). The van der Waals surface area contributed by atoms with Crippen molar-refractivity contribution in [3.63, 3.8) is 0 Å². The Balaban J connectivity index is 2.01. The summed E-state index contributed by atoms with van der Waals surface area (Å²) in [5, 5.41) is 0. The Morgan fingerprint density at radius 2 is 1.55 bits per heavy atom. The Morgan fingerprint density at radius 1 is 0.909 bits per heavy atom. The molecular formula is C27H33BrF3NSi. The fraction of sp³-hybridized carbons (Fsp3) is 0.481. The molecule has 0 N–H and O–H groups in total. The second-order valence-electron chi connectivity index (χ2n) is 10.0. The van der Waals surface area contributed by atoms with Gasteiger partial charge in [0.25, 0.3) is 0 Å². The average Bonchev–Trinajstić information content (AvgIpc) is 3.13. The van der Waals surface area contributed by atoms with E-state index in [-0.39, 0.29) is 11.4 Å². The zero-order valence-electron chi connectivity index (χ0n) is 20.3. The SMILES string of the molecule is CC(C)[Si](C#CCC(c1cc(F)ccc1F)N1Cc2cc(Br)cc(F)c2C1)(C(C)C)C(C)C. The molecule has 1 nitrogen and oxygen atoms in total. The maximum absolute atomic E-state index is 14.9. The van der Waals surface area contributed by atoms with E-state index < -0.39 is 25.8 Å². The molecule has 0 spiro atoms. The lowest BCUT2D eigenvalue weighted by Gasteiger charge is -2.38. The van der Waals surface area contributed by atoms with E-state index in [0.717, 1.165) is 11.6 Å². The highest BCUT2D eigenvalue weighted by molar-refractivity contribution is 9.10. The Hall–Kier alpha value is -1.55. The summed E-state index contributed by atoms with van der Waals surface area (Å²) in [6.45, 7) is 14.3. The van der Waals surface area contributed by atoms with Crippen LogP contribution in [0.25, 0.3) is 0 Å². The summed E-state index contributed by atoms with van der Waals surface area (Å²) in [6.07, 6.45) is 0.373. The fourth-order valence-electron chi connectivity index (χ4n) is 5.61. The minimum Gasteiger partial charge on any atom is -0.287 e. The summed E-state index contributed by atoms with van der Waals surface area (Å²) in [5.74, 6) is 2.20. The van der Waals surface area contributed by atoms with Gasteiger partial charge in [0.1, 0.15) is 25.5 Å². The first kappa shape index (κ1) is 26.1. The largest absolute Gasteiger partial charge is 0.287 e. The number of benzene rings is 2. The smallest absolute Gasteiger partial charge is 0.145 e. The molecule has 0 saturated heterocycles. The first-order valence-corrected chi connectivity index (χ1v) is 14.7. The van der Waals surface area contributed by atoms with Gasteiger partial charge in [-0.3, -0.25) is 4.90 Å². The van der Waals surface area contributed by atoms with Crippen LogP contribution in [0.5, 0.6) is 0 Å². The van der Waals surface area contributed by atoms with E-state index in [1.54, 1.807) is 0 Å². The van der Waals surface area contributed by atoms with Crippen LogP contribution in [0, 0.1) is 28.9 Å². The van der Waals surface area contributed by atoms with Gasteiger partial charge in [0, 0.05) is 41.2 Å². The van der Waals surface area contributed by atoms with E-state index in [0.29, 0.717) is 46.2 Å². The first-order chi connectivity index (χ1) is 15.5. The molecule has 1 aliphatic rings. The van der Waals surface area contributed by atoms with Crippen LogP contribution in [0.1, 0.15) is 70.7 Å². The van der Waals surface area contributed by atoms with E-state index in [1.165, 1.54) is 18.2 Å². The molecule has 0 aromatic heterocycles. The average molecular weight is 537 g/mol. The van der Waals surface area contributed by atoms with Crippen molar-refractivity contribution in [3.8, 4) is 11.5 Å². The van der Waals surface area contributed by atoms with Gasteiger partial charge in [-0.05, 0) is 52.5 Å². The second kappa shape index (κ2) is 10.4. The van der Waals surface area contributed by atoms with Crippen LogP contribution in [-0.4, -0.2) is 13.0 Å². The second-order valence-corrected chi connectivity index (χ2v) is 16.5. The third kappa shape index (κ3) is 5.26. The van der Waals surface area contributed by atoms with Crippen molar-refractivity contribution in [2.75, 3.05) is 0 Å². The lowest BCUT2D eigenvalue weighted by atomic mass is 10.0. The molecule has 33 heavy (non-hydrogen) atoms. The van der Waals surface area contributed by atoms with Crippen molar-refractivity contribution < 1.29 is 13.2 Å². The Kier molecular flexibility index (Phi) is 8.19. The number of hydrogen-bond acceptors (Lipinski definition) is 1. The molecule has 0 aliphatic carbocycles. The van der Waals surface area contributed by atoms with Crippen LogP contribution >= 0.6 is 15.9 Å². The van der Waals surface area contributed by atoms with E-state index in [9.17, 15) is 13.2 Å². The van der Waals surface area contributed by atoms with Crippen molar-refractivity contribution in [2.24, 2.45) is 0 Å². The molecule has 0 bridgehead atoms. The summed E-state index contributed by atoms with van der Waals surface area (Å²) >= 11 is 3.36. The minimum absolute atomic E-state index is 0.280. The lowest BCUT2D eigenvalue weighted by Crippen LogP contribution is -2.43. The number of hydrogen-bond donors (Lipinski definition) is 0. The van der Waals surface area contributed by atoms with Crippen LogP contribution in [-0.2, 0) is 13.1 Å². The van der Waals surface area contributed by atoms with Gasteiger partial charge in [0.2, 0.25) is 0 Å². The summed E-state index contributed by atoms with van der Waals surface area (Å²) in [7, 11) is -1.95. The predicted octanol–water partition coefficient (Wildman–Crippen LogP) is 8.53. The van der Waals surface area contributed by atoms with Crippen LogP contribution < -0.4 is 0 Å². The molecule has 0 saturated carbocycles. The van der Waals surface area contributed by atoms with Gasteiger partial charge in [0.15, 0.2) is 0 Å². The highest BCUT2D eigenvalue weighted by atomic mass is 79.9. The van der Waals surface area contributed by atoms with Gasteiger partial charge in [-0.25, -0.2) is 13.2 Å². The van der Waals surface area contributed by atoms with E-state index >= 15 is 0 Å². The quantitative estimate of drug-likeness (QED) is 0.264. The van der Waals surface area contributed by atoms with Crippen LogP contribution in [0.4, 0.5) is 13.2 Å². The number of fused-ring (bicyclic) bond motifs is 1. The molecule has 1 heterocycles. The summed E-state index contributed by atoms with van der Waals surface area (Å²) in [5.41, 5.74) is 6.91. The molecule has 1 aliphatic heterocycles. The van der Waals surface area contributed by atoms with Crippen LogP contribution in [0.3, 0.4) is 0 Å². The van der Waals surface area contributed by atoms with Crippen molar-refractivity contribution in [1.29, 1.82) is 0 Å². The lowest BCUT2D eigenvalue weighted by molar-refractivity contribution is 0.197. The molecule has 0 radical (unpaired) electrons. The topological polar surface area (TPSA) is 3.24 Å². The van der Waals surface area contributed by atoms with Gasteiger partial charge >= 0.3 is 0 Å². The molecule has 0 amide bonds. The van der Waals surface area contributed by atoms with E-state index in [2.05, 4.69) is 68.9 Å². The fourth-order valence-corrected chi connectivity index (χ4v) is 11.4. The summed E-state index contributed by atoms with van der Waals surface area (Å²) in [6, 6.07) is 6.45. The Labute approximate surface area is 205 Å². The normalized spacial score (nSPS) is 15.2. The highest BCUT2D eigenvalue weighted by Crippen LogP contribution is 2.41. The third-order valence-electron chi connectivity index (χ3n) is 7.21. The Morgan fingerprint density at radius 3 is 2.15 bits per heavy atom. The van der Waals surface area contributed by atoms with Crippen molar-refractivity contribution in [1.82, 2.24) is 4.90 Å². The first-order valence-electron chi connectivity index (χ1n) is 11.6. The van der Waals surface area contributed by atoms with Crippen molar-refractivity contribution in [3.05, 3.63) is 68.9 Å². The van der Waals surface area contributed by atoms with Gasteiger partial charge in [-0.15, -0.1) is 11.5 Å². The third-order valence-corrected chi connectivity index (χ3v) is 14.0.